The smallest absolute Gasteiger partial charge is 0 e. The monoisotopic (exact) mass is 138 g/mol. The fourth-order valence-corrected chi connectivity index (χ4v) is 0.714. The van der Waals surface area contributed by atoms with Crippen LogP contribution in [-0.2, 0) is 6.42 Å². The van der Waals surface area contributed by atoms with E-state index in [0.717, 1.165) is 6.42 Å². The lowest BCUT2D eigenvalue weighted by molar-refractivity contribution is 1.14. The zero-order chi connectivity index (χ0) is 7.82. The van der Waals surface area contributed by atoms with Gasteiger partial charge in [0.05, 0.1) is 0 Å². The molecule has 1 aromatic carbocycles. The second kappa shape index (κ2) is 6.34. The summed E-state index contributed by atoms with van der Waals surface area (Å²) in [5, 5.41) is 0. The van der Waals surface area contributed by atoms with E-state index in [-0.39, 0.29) is 1.43 Å². The van der Waals surface area contributed by atoms with Crippen LogP contribution in [0.25, 0.3) is 0 Å². The number of hydrogen-bond acceptors (Lipinski definition) is 0. The molecule has 1 rings (SSSR count). The van der Waals surface area contributed by atoms with Crippen molar-refractivity contribution in [3.8, 4) is 0 Å². The highest BCUT2D eigenvalue weighted by Crippen LogP contribution is 1.96. The molecule has 1 aromatic rings. The highest BCUT2D eigenvalue weighted by atomic mass is 13.9. The van der Waals surface area contributed by atoms with Gasteiger partial charge in [0.25, 0.3) is 0 Å². The molecule has 0 saturated heterocycles. The van der Waals surface area contributed by atoms with E-state index in [2.05, 4.69) is 31.2 Å². The van der Waals surface area contributed by atoms with E-state index >= 15 is 0 Å². The Hall–Kier alpha value is -0.780. The van der Waals surface area contributed by atoms with Gasteiger partial charge in [0.1, 0.15) is 0 Å². The molecule has 58 valence electrons. The number of hydrogen-bond donors (Lipinski definition) is 0. The second-order valence-corrected chi connectivity index (χ2v) is 1.84. The van der Waals surface area contributed by atoms with Gasteiger partial charge in [0.15, 0.2) is 0 Å². The third-order valence-corrected chi connectivity index (χ3v) is 1.25. The first-order chi connectivity index (χ1) is 4.93. The zero-order valence-corrected chi connectivity index (χ0v) is 7.09. The molecule has 0 amide bonds. The van der Waals surface area contributed by atoms with Gasteiger partial charge in [-0.1, -0.05) is 51.1 Å². The van der Waals surface area contributed by atoms with Crippen LogP contribution in [0.3, 0.4) is 0 Å². The highest BCUT2D eigenvalue weighted by Gasteiger charge is 1.79. The molecule has 0 heterocycles. The maximum Gasteiger partial charge on any atom is 0 e. The van der Waals surface area contributed by atoms with Crippen molar-refractivity contribution in [3.05, 3.63) is 35.9 Å². The topological polar surface area (TPSA) is 0 Å². The molecule has 0 spiro atoms. The fourth-order valence-electron chi connectivity index (χ4n) is 0.714. The van der Waals surface area contributed by atoms with E-state index in [1.807, 2.05) is 19.9 Å². The first-order valence-electron chi connectivity index (χ1n) is 3.97. The predicted molar refractivity (Wildman–Crippen MR) is 49.3 cm³/mol. The van der Waals surface area contributed by atoms with Crippen LogP contribution >= 0.6 is 0 Å². The normalized spacial score (nSPS) is 7.90. The van der Waals surface area contributed by atoms with Gasteiger partial charge in [-0.2, -0.15) is 0 Å². The molecule has 0 N–H and O–H groups in total. The maximum atomic E-state index is 2.16. The van der Waals surface area contributed by atoms with E-state index in [4.69, 9.17) is 0 Å². The summed E-state index contributed by atoms with van der Waals surface area (Å²) < 4.78 is 0. The summed E-state index contributed by atoms with van der Waals surface area (Å²) in [6, 6.07) is 10.5. The molecular formula is C10H18. The van der Waals surface area contributed by atoms with Crippen LogP contribution in [0.5, 0.6) is 0 Å². The Kier molecular flexibility index (Phi) is 5.85. The van der Waals surface area contributed by atoms with Gasteiger partial charge in [0.2, 0.25) is 0 Å². The van der Waals surface area contributed by atoms with Crippen molar-refractivity contribution >= 4 is 0 Å². The summed E-state index contributed by atoms with van der Waals surface area (Å²) in [4.78, 5) is 0. The van der Waals surface area contributed by atoms with Crippen molar-refractivity contribution in [2.24, 2.45) is 0 Å². The van der Waals surface area contributed by atoms with Crippen LogP contribution in [0.4, 0.5) is 0 Å². The van der Waals surface area contributed by atoms with Crippen LogP contribution in [0, 0.1) is 0 Å². The summed E-state index contributed by atoms with van der Waals surface area (Å²) in [6.45, 7) is 6.16. The molecule has 0 heteroatoms. The third-order valence-electron chi connectivity index (χ3n) is 1.25. The molecule has 0 aliphatic heterocycles. The molecular weight excluding hydrogens is 120 g/mol. The van der Waals surface area contributed by atoms with Gasteiger partial charge in [-0.3, -0.25) is 0 Å². The summed E-state index contributed by atoms with van der Waals surface area (Å²) in [5.74, 6) is 0. The van der Waals surface area contributed by atoms with Crippen molar-refractivity contribution in [2.45, 2.75) is 27.2 Å². The van der Waals surface area contributed by atoms with E-state index in [9.17, 15) is 0 Å². The first kappa shape index (κ1) is 9.22. The van der Waals surface area contributed by atoms with Gasteiger partial charge in [0, 0.05) is 1.43 Å². The summed E-state index contributed by atoms with van der Waals surface area (Å²) in [7, 11) is 0. The SMILES string of the molecule is CC.CCc1ccccc1.[HH]. The van der Waals surface area contributed by atoms with Gasteiger partial charge in [-0.15, -0.1) is 0 Å². The quantitative estimate of drug-likeness (QED) is 0.557. The third kappa shape index (κ3) is 3.29. The molecule has 0 radical (unpaired) electrons. The van der Waals surface area contributed by atoms with Crippen molar-refractivity contribution in [3.63, 3.8) is 0 Å². The first-order valence-corrected chi connectivity index (χ1v) is 3.97. The minimum absolute atomic E-state index is 0. The van der Waals surface area contributed by atoms with Crippen LogP contribution in [0.1, 0.15) is 27.8 Å². The Bertz CT molecular complexity index is 146. The summed E-state index contributed by atoms with van der Waals surface area (Å²) in [5.41, 5.74) is 1.41. The average molecular weight is 138 g/mol. The van der Waals surface area contributed by atoms with E-state index in [0.29, 0.717) is 0 Å². The number of rotatable bonds is 1. The molecule has 0 nitrogen and oxygen atoms in total. The van der Waals surface area contributed by atoms with E-state index in [1.165, 1.54) is 5.56 Å². The standard InChI is InChI=1S/C8H10.C2H6.H2/c1-2-8-6-4-3-5-7-8;1-2;/h3-7H,2H2,1H3;1-2H3;1H. The van der Waals surface area contributed by atoms with Gasteiger partial charge in [-0.25, -0.2) is 0 Å². The molecule has 0 unspecified atom stereocenters. The Morgan fingerprint density at radius 2 is 1.60 bits per heavy atom. The molecule has 10 heavy (non-hydrogen) atoms. The Morgan fingerprint density at radius 3 is 1.90 bits per heavy atom. The molecule has 0 saturated carbocycles. The Balaban J connectivity index is 0. The molecule has 0 atom stereocenters. The van der Waals surface area contributed by atoms with Crippen LogP contribution in [-0.4, -0.2) is 0 Å². The fraction of sp³-hybridized carbons (Fsp3) is 0.400. The van der Waals surface area contributed by atoms with E-state index in [1.54, 1.807) is 0 Å². The van der Waals surface area contributed by atoms with Crippen molar-refractivity contribution in [1.29, 1.82) is 0 Å². The number of benzene rings is 1. The lowest BCUT2D eigenvalue weighted by Gasteiger charge is -1.89. The van der Waals surface area contributed by atoms with Gasteiger partial charge >= 0.3 is 0 Å². The average Bonchev–Trinajstić information content (AvgIpc) is 2.10. The van der Waals surface area contributed by atoms with Crippen LogP contribution < -0.4 is 0 Å². The molecule has 0 aliphatic carbocycles. The lowest BCUT2D eigenvalue weighted by atomic mass is 10.2. The largest absolute Gasteiger partial charge is 0.0683 e. The van der Waals surface area contributed by atoms with Crippen molar-refractivity contribution < 1.29 is 1.43 Å². The van der Waals surface area contributed by atoms with Crippen molar-refractivity contribution in [1.82, 2.24) is 0 Å². The summed E-state index contributed by atoms with van der Waals surface area (Å²) >= 11 is 0. The maximum absolute atomic E-state index is 2.16. The zero-order valence-electron chi connectivity index (χ0n) is 7.09. The second-order valence-electron chi connectivity index (χ2n) is 1.84. The molecule has 0 aromatic heterocycles. The Morgan fingerprint density at radius 1 is 1.10 bits per heavy atom. The van der Waals surface area contributed by atoms with Gasteiger partial charge < -0.3 is 0 Å². The molecule has 0 aliphatic rings. The Labute approximate surface area is 65.4 Å². The van der Waals surface area contributed by atoms with E-state index < -0.39 is 0 Å². The minimum atomic E-state index is 0. The van der Waals surface area contributed by atoms with Crippen LogP contribution in [0.2, 0.25) is 0 Å². The van der Waals surface area contributed by atoms with Crippen LogP contribution in [0.15, 0.2) is 30.3 Å². The minimum Gasteiger partial charge on any atom is -0.0683 e. The lowest BCUT2D eigenvalue weighted by Crippen LogP contribution is -1.73. The molecule has 0 fully saturated rings. The highest BCUT2D eigenvalue weighted by molar-refractivity contribution is 5.13. The van der Waals surface area contributed by atoms with Gasteiger partial charge in [-0.05, 0) is 12.0 Å². The molecule has 0 bridgehead atoms. The number of aryl methyl sites for hydroxylation is 1. The van der Waals surface area contributed by atoms with Crippen molar-refractivity contribution in [2.75, 3.05) is 0 Å². The predicted octanol–water partition coefficient (Wildman–Crippen LogP) is 3.52. The summed E-state index contributed by atoms with van der Waals surface area (Å²) in [6.07, 6.45) is 1.14.